The third kappa shape index (κ3) is 3.51. The van der Waals surface area contributed by atoms with E-state index in [-0.39, 0.29) is 17.9 Å². The minimum atomic E-state index is -0.236. The fraction of sp³-hybridized carbons (Fsp3) is 0.550. The third-order valence-corrected chi connectivity index (χ3v) is 5.60. The van der Waals surface area contributed by atoms with Crippen LogP contribution in [0, 0.1) is 12.8 Å². The standard InChI is InChI=1S/C20H25N3O3/c1-14-21-19(22-26-14)18-13-25-12-11-23(18)20(24)17-9-7-16(8-10-17)15-5-3-2-4-6-15/h2-6,16-18H,7-13H2,1H3/t16?,17?,18-/m1/s1. The zero-order chi connectivity index (χ0) is 17.9. The number of amides is 1. The molecule has 138 valence electrons. The van der Waals surface area contributed by atoms with Crippen molar-refractivity contribution in [3.05, 3.63) is 47.6 Å². The van der Waals surface area contributed by atoms with Crippen LogP contribution in [-0.2, 0) is 9.53 Å². The summed E-state index contributed by atoms with van der Waals surface area (Å²) < 4.78 is 10.7. The maximum absolute atomic E-state index is 13.2. The van der Waals surface area contributed by atoms with E-state index in [4.69, 9.17) is 9.26 Å². The van der Waals surface area contributed by atoms with Crippen LogP contribution in [0.4, 0.5) is 0 Å². The summed E-state index contributed by atoms with van der Waals surface area (Å²) in [6.45, 7) is 3.36. The number of ether oxygens (including phenoxy) is 1. The normalized spacial score (nSPS) is 26.7. The summed E-state index contributed by atoms with van der Waals surface area (Å²) in [7, 11) is 0. The smallest absolute Gasteiger partial charge is 0.226 e. The first kappa shape index (κ1) is 17.2. The number of morpholine rings is 1. The van der Waals surface area contributed by atoms with Crippen LogP contribution in [0.25, 0.3) is 0 Å². The molecule has 0 bridgehead atoms. The molecular formula is C20H25N3O3. The second-order valence-corrected chi connectivity index (χ2v) is 7.25. The molecule has 1 amide bonds. The molecule has 1 atom stereocenters. The van der Waals surface area contributed by atoms with Crippen LogP contribution in [0.5, 0.6) is 0 Å². The molecule has 2 heterocycles. The number of hydrogen-bond acceptors (Lipinski definition) is 5. The van der Waals surface area contributed by atoms with Gasteiger partial charge in [-0.25, -0.2) is 0 Å². The summed E-state index contributed by atoms with van der Waals surface area (Å²) in [4.78, 5) is 19.4. The molecular weight excluding hydrogens is 330 g/mol. The molecule has 1 saturated carbocycles. The van der Waals surface area contributed by atoms with Crippen LogP contribution >= 0.6 is 0 Å². The van der Waals surface area contributed by atoms with E-state index >= 15 is 0 Å². The molecule has 1 saturated heterocycles. The van der Waals surface area contributed by atoms with E-state index in [1.165, 1.54) is 5.56 Å². The van der Waals surface area contributed by atoms with Crippen molar-refractivity contribution in [3.63, 3.8) is 0 Å². The Balaban J connectivity index is 1.42. The van der Waals surface area contributed by atoms with Gasteiger partial charge in [-0.15, -0.1) is 0 Å². The molecule has 4 rings (SSSR count). The Morgan fingerprint density at radius 2 is 1.92 bits per heavy atom. The molecule has 1 aromatic heterocycles. The molecule has 6 nitrogen and oxygen atoms in total. The lowest BCUT2D eigenvalue weighted by molar-refractivity contribution is -0.146. The number of aromatic nitrogens is 2. The van der Waals surface area contributed by atoms with Gasteiger partial charge in [0.15, 0.2) is 5.82 Å². The Kier molecular flexibility index (Phi) is 5.02. The van der Waals surface area contributed by atoms with Crippen molar-refractivity contribution >= 4 is 5.91 Å². The number of rotatable bonds is 3. The van der Waals surface area contributed by atoms with Gasteiger partial charge in [-0.1, -0.05) is 35.5 Å². The highest BCUT2D eigenvalue weighted by molar-refractivity contribution is 5.79. The molecule has 1 aliphatic carbocycles. The van der Waals surface area contributed by atoms with Crippen LogP contribution in [0.15, 0.2) is 34.9 Å². The van der Waals surface area contributed by atoms with Crippen LogP contribution in [0.1, 0.15) is 54.9 Å². The summed E-state index contributed by atoms with van der Waals surface area (Å²) >= 11 is 0. The molecule has 26 heavy (non-hydrogen) atoms. The lowest BCUT2D eigenvalue weighted by Gasteiger charge is -2.38. The van der Waals surface area contributed by atoms with Crippen molar-refractivity contribution < 1.29 is 14.1 Å². The molecule has 2 fully saturated rings. The lowest BCUT2D eigenvalue weighted by atomic mass is 9.78. The monoisotopic (exact) mass is 355 g/mol. The average molecular weight is 355 g/mol. The molecule has 0 radical (unpaired) electrons. The van der Waals surface area contributed by atoms with Crippen LogP contribution in [0.2, 0.25) is 0 Å². The summed E-state index contributed by atoms with van der Waals surface area (Å²) in [5.41, 5.74) is 1.39. The van der Waals surface area contributed by atoms with Crippen molar-refractivity contribution in [1.29, 1.82) is 0 Å². The van der Waals surface area contributed by atoms with Crippen LogP contribution in [-0.4, -0.2) is 40.7 Å². The quantitative estimate of drug-likeness (QED) is 0.845. The highest BCUT2D eigenvalue weighted by Gasteiger charge is 2.37. The summed E-state index contributed by atoms with van der Waals surface area (Å²) in [5, 5.41) is 4.01. The molecule has 1 aliphatic heterocycles. The van der Waals surface area contributed by atoms with Crippen LogP contribution < -0.4 is 0 Å². The van der Waals surface area contributed by atoms with Crippen LogP contribution in [0.3, 0.4) is 0 Å². The molecule has 1 aromatic carbocycles. The summed E-state index contributed by atoms with van der Waals surface area (Å²) in [6, 6.07) is 10.4. The van der Waals surface area contributed by atoms with Crippen molar-refractivity contribution in [2.75, 3.05) is 19.8 Å². The first-order valence-electron chi connectivity index (χ1n) is 9.45. The van der Waals surface area contributed by atoms with E-state index in [0.29, 0.717) is 37.4 Å². The van der Waals surface area contributed by atoms with Crippen molar-refractivity contribution in [1.82, 2.24) is 15.0 Å². The highest BCUT2D eigenvalue weighted by Crippen LogP contribution is 2.37. The predicted molar refractivity (Wildman–Crippen MR) is 95.4 cm³/mol. The topological polar surface area (TPSA) is 68.5 Å². The van der Waals surface area contributed by atoms with Gasteiger partial charge in [0, 0.05) is 19.4 Å². The summed E-state index contributed by atoms with van der Waals surface area (Å²) in [5.74, 6) is 1.94. The first-order chi connectivity index (χ1) is 12.7. The Morgan fingerprint density at radius 1 is 1.15 bits per heavy atom. The molecule has 0 unspecified atom stereocenters. The molecule has 2 aliphatic rings. The van der Waals surface area contributed by atoms with E-state index in [9.17, 15) is 4.79 Å². The molecule has 6 heteroatoms. The highest BCUT2D eigenvalue weighted by atomic mass is 16.5. The number of carbonyl (C=O) groups excluding carboxylic acids is 1. The van der Waals surface area contributed by atoms with E-state index in [2.05, 4.69) is 40.5 Å². The van der Waals surface area contributed by atoms with Gasteiger partial charge in [0.25, 0.3) is 0 Å². The van der Waals surface area contributed by atoms with Crippen molar-refractivity contribution in [3.8, 4) is 0 Å². The second-order valence-electron chi connectivity index (χ2n) is 7.25. The fourth-order valence-corrected chi connectivity index (χ4v) is 4.17. The lowest BCUT2D eigenvalue weighted by Crippen LogP contribution is -2.46. The molecule has 0 N–H and O–H groups in total. The SMILES string of the molecule is Cc1nc([C@H]2COCCN2C(=O)C2CCC(c3ccccc3)CC2)no1. The zero-order valence-electron chi connectivity index (χ0n) is 15.1. The van der Waals surface area contributed by atoms with Gasteiger partial charge in [0.2, 0.25) is 11.8 Å². The number of carbonyl (C=O) groups is 1. The van der Waals surface area contributed by atoms with E-state index in [0.717, 1.165) is 25.7 Å². The number of aryl methyl sites for hydroxylation is 1. The molecule has 0 spiro atoms. The average Bonchev–Trinajstić information content (AvgIpc) is 3.14. The number of benzene rings is 1. The third-order valence-electron chi connectivity index (χ3n) is 5.60. The van der Waals surface area contributed by atoms with Gasteiger partial charge < -0.3 is 14.2 Å². The van der Waals surface area contributed by atoms with E-state index in [1.807, 2.05) is 4.90 Å². The van der Waals surface area contributed by atoms with Crippen molar-refractivity contribution in [2.24, 2.45) is 5.92 Å². The van der Waals surface area contributed by atoms with Gasteiger partial charge in [-0.3, -0.25) is 4.79 Å². The minimum absolute atomic E-state index is 0.0866. The van der Waals surface area contributed by atoms with Gasteiger partial charge in [0.05, 0.1) is 13.2 Å². The zero-order valence-corrected chi connectivity index (χ0v) is 15.1. The number of hydrogen-bond donors (Lipinski definition) is 0. The van der Waals surface area contributed by atoms with Crippen molar-refractivity contribution in [2.45, 2.75) is 44.6 Å². The summed E-state index contributed by atoms with van der Waals surface area (Å²) in [6.07, 6.45) is 4.01. The van der Waals surface area contributed by atoms with E-state index in [1.54, 1.807) is 6.92 Å². The Morgan fingerprint density at radius 3 is 2.62 bits per heavy atom. The van der Waals surface area contributed by atoms with E-state index < -0.39 is 0 Å². The maximum atomic E-state index is 13.2. The first-order valence-corrected chi connectivity index (χ1v) is 9.45. The fourth-order valence-electron chi connectivity index (χ4n) is 4.17. The second kappa shape index (κ2) is 7.58. The Labute approximate surface area is 153 Å². The maximum Gasteiger partial charge on any atom is 0.226 e. The van der Waals surface area contributed by atoms with Gasteiger partial charge in [-0.05, 0) is 37.2 Å². The predicted octanol–water partition coefficient (Wildman–Crippen LogP) is 3.25. The van der Waals surface area contributed by atoms with Gasteiger partial charge >= 0.3 is 0 Å². The van der Waals surface area contributed by atoms with Gasteiger partial charge in [-0.2, -0.15) is 4.98 Å². The minimum Gasteiger partial charge on any atom is -0.377 e. The molecule has 2 aromatic rings. The Bertz CT molecular complexity index is 738. The van der Waals surface area contributed by atoms with Gasteiger partial charge in [0.1, 0.15) is 6.04 Å². The largest absolute Gasteiger partial charge is 0.377 e. The Hall–Kier alpha value is -2.21. The number of nitrogens with zero attached hydrogens (tertiary/aromatic N) is 3.